The van der Waals surface area contributed by atoms with Crippen molar-refractivity contribution in [2.24, 2.45) is 4.36 Å². The second-order valence-corrected chi connectivity index (χ2v) is 9.47. The van der Waals surface area contributed by atoms with Crippen LogP contribution in [0.5, 0.6) is 5.75 Å². The lowest BCUT2D eigenvalue weighted by atomic mass is 10.0. The normalized spacial score (nSPS) is 12.3. The van der Waals surface area contributed by atoms with Crippen LogP contribution in [-0.4, -0.2) is 33.6 Å². The van der Waals surface area contributed by atoms with E-state index in [9.17, 15) is 14.1 Å². The van der Waals surface area contributed by atoms with Gasteiger partial charge in [-0.1, -0.05) is 48.2 Å². The molecule has 4 rings (SSSR count). The minimum Gasteiger partial charge on any atom is -0.497 e. The number of rotatable bonds is 4. The van der Waals surface area contributed by atoms with Crippen molar-refractivity contribution in [3.8, 4) is 17.6 Å². The number of nitrogens with zero attached hydrogens (tertiary/aromatic N) is 2. The molecule has 0 saturated heterocycles. The molecule has 0 aliphatic carbocycles. The third kappa shape index (κ3) is 4.71. The minimum absolute atomic E-state index is 0.0169. The Bertz CT molecular complexity index is 1540. The van der Waals surface area contributed by atoms with Gasteiger partial charge in [-0.2, -0.15) is 4.36 Å². The van der Waals surface area contributed by atoms with E-state index in [1.54, 1.807) is 61.9 Å². The Balaban J connectivity index is 1.78. The summed E-state index contributed by atoms with van der Waals surface area (Å²) in [7, 11) is -1.14. The molecule has 4 aromatic rings. The summed E-state index contributed by atoms with van der Waals surface area (Å²) in [6, 6.07) is 21.3. The molecule has 1 atom stereocenters. The summed E-state index contributed by atoms with van der Waals surface area (Å²) in [5.41, 5.74) is 1.69. The van der Waals surface area contributed by atoms with Gasteiger partial charge >= 0.3 is 5.97 Å². The maximum atomic E-state index is 13.3. The summed E-state index contributed by atoms with van der Waals surface area (Å²) in [5.74, 6) is 5.75. The third-order valence-corrected chi connectivity index (χ3v) is 6.69. The van der Waals surface area contributed by atoms with Crippen molar-refractivity contribution in [1.29, 1.82) is 0 Å². The van der Waals surface area contributed by atoms with Gasteiger partial charge in [0.2, 0.25) is 0 Å². The molecule has 1 heterocycles. The largest absolute Gasteiger partial charge is 0.497 e. The Morgan fingerprint density at radius 3 is 2.27 bits per heavy atom. The van der Waals surface area contributed by atoms with E-state index >= 15 is 0 Å². The number of hydrogen-bond acceptors (Lipinski definition) is 5. The lowest BCUT2D eigenvalue weighted by Gasteiger charge is -2.07. The zero-order valence-electron chi connectivity index (χ0n) is 18.0. The molecule has 0 radical (unpaired) electrons. The zero-order chi connectivity index (χ0) is 23.4. The Hall–Kier alpha value is -4.15. The highest BCUT2D eigenvalue weighted by atomic mass is 32.2. The number of hydrogen-bond donors (Lipinski definition) is 1. The lowest BCUT2D eigenvalue weighted by Crippen LogP contribution is -2.02. The van der Waals surface area contributed by atoms with Crippen LogP contribution in [0.1, 0.15) is 21.6 Å². The number of benzene rings is 3. The predicted molar refractivity (Wildman–Crippen MR) is 129 cm³/mol. The second-order valence-electron chi connectivity index (χ2n) is 7.21. The molecule has 1 aromatic heterocycles. The van der Waals surface area contributed by atoms with Crippen molar-refractivity contribution >= 4 is 32.2 Å². The average molecular weight is 457 g/mol. The highest BCUT2D eigenvalue weighted by Gasteiger charge is 2.12. The number of carbonyl (C=O) groups is 1. The van der Waals surface area contributed by atoms with Gasteiger partial charge in [0.25, 0.3) is 0 Å². The summed E-state index contributed by atoms with van der Waals surface area (Å²) < 4.78 is 23.0. The van der Waals surface area contributed by atoms with Crippen molar-refractivity contribution in [3.05, 3.63) is 95.8 Å². The molecule has 0 saturated carbocycles. The van der Waals surface area contributed by atoms with E-state index in [1.165, 1.54) is 6.20 Å². The maximum absolute atomic E-state index is 13.3. The first-order valence-electron chi connectivity index (χ1n) is 9.97. The van der Waals surface area contributed by atoms with E-state index in [2.05, 4.69) is 21.2 Å². The molecular weight excluding hydrogens is 436 g/mol. The van der Waals surface area contributed by atoms with Gasteiger partial charge in [-0.05, 0) is 36.4 Å². The quantitative estimate of drug-likeness (QED) is 0.430. The van der Waals surface area contributed by atoms with Gasteiger partial charge in [0.1, 0.15) is 5.75 Å². The van der Waals surface area contributed by atoms with Crippen LogP contribution in [0, 0.1) is 11.8 Å². The van der Waals surface area contributed by atoms with Crippen LogP contribution in [0.15, 0.2) is 88.3 Å². The van der Waals surface area contributed by atoms with Gasteiger partial charge in [-0.3, -0.25) is 0 Å². The molecule has 0 bridgehead atoms. The number of methoxy groups -OCH3 is 1. The maximum Gasteiger partial charge on any atom is 0.355 e. The van der Waals surface area contributed by atoms with Crippen LogP contribution in [0.3, 0.4) is 0 Å². The van der Waals surface area contributed by atoms with E-state index < -0.39 is 15.7 Å². The number of fused-ring (bicyclic) bond motifs is 1. The van der Waals surface area contributed by atoms with Gasteiger partial charge in [-0.15, -0.1) is 0 Å². The van der Waals surface area contributed by atoms with Crippen molar-refractivity contribution in [3.63, 3.8) is 0 Å². The van der Waals surface area contributed by atoms with Crippen LogP contribution >= 0.6 is 0 Å². The van der Waals surface area contributed by atoms with Crippen LogP contribution < -0.4 is 4.74 Å². The summed E-state index contributed by atoms with van der Waals surface area (Å²) in [6.07, 6.45) is 3.04. The molecule has 0 aliphatic heterocycles. The topological polar surface area (TPSA) is 88.9 Å². The predicted octanol–water partition coefficient (Wildman–Crippen LogP) is 5.13. The van der Waals surface area contributed by atoms with Crippen LogP contribution in [-0.2, 0) is 9.73 Å². The fourth-order valence-corrected chi connectivity index (χ4v) is 4.61. The first-order valence-corrected chi connectivity index (χ1v) is 11.9. The third-order valence-electron chi connectivity index (χ3n) is 5.00. The summed E-state index contributed by atoms with van der Waals surface area (Å²) in [4.78, 5) is 16.2. The molecule has 0 amide bonds. The summed E-state index contributed by atoms with van der Waals surface area (Å²) in [6.45, 7) is 0. The monoisotopic (exact) mass is 456 g/mol. The van der Waals surface area contributed by atoms with Gasteiger partial charge < -0.3 is 9.84 Å². The Labute approximate surface area is 192 Å². The Kier molecular flexibility index (Phi) is 6.11. The molecule has 7 heteroatoms. The van der Waals surface area contributed by atoms with Crippen molar-refractivity contribution < 1.29 is 18.8 Å². The highest BCUT2D eigenvalue weighted by molar-refractivity contribution is 7.93. The number of ether oxygens (including phenoxy) is 1. The smallest absolute Gasteiger partial charge is 0.355 e. The van der Waals surface area contributed by atoms with E-state index in [1.807, 2.05) is 24.3 Å². The lowest BCUT2D eigenvalue weighted by molar-refractivity contribution is 0.0693. The van der Waals surface area contributed by atoms with E-state index in [0.717, 1.165) is 0 Å². The molecule has 1 N–H and O–H groups in total. The van der Waals surface area contributed by atoms with Gasteiger partial charge in [0.15, 0.2) is 5.69 Å². The molecule has 1 unspecified atom stereocenters. The number of pyridine rings is 1. The van der Waals surface area contributed by atoms with E-state index in [-0.39, 0.29) is 5.69 Å². The molecule has 0 aliphatic rings. The fourth-order valence-electron chi connectivity index (χ4n) is 3.32. The Morgan fingerprint density at radius 1 is 0.939 bits per heavy atom. The Morgan fingerprint density at radius 2 is 1.58 bits per heavy atom. The van der Waals surface area contributed by atoms with Crippen LogP contribution in [0.2, 0.25) is 0 Å². The van der Waals surface area contributed by atoms with Crippen molar-refractivity contribution in [1.82, 2.24) is 4.98 Å². The van der Waals surface area contributed by atoms with Gasteiger partial charge in [-0.25, -0.2) is 14.0 Å². The molecule has 6 nitrogen and oxygen atoms in total. The van der Waals surface area contributed by atoms with Crippen LogP contribution in [0.25, 0.3) is 10.8 Å². The zero-order valence-corrected chi connectivity index (χ0v) is 18.8. The molecular formula is C26H20N2O4S. The first kappa shape index (κ1) is 22.1. The molecule has 164 valence electrons. The standard InChI is InChI=1S/C26H20N2O4S/c1-32-20-13-15-21(16-14-20)33(2,31)28-24-10-6-3-7-18(24)11-12-19-17-27-25(26(29)30)23-9-5-4-8-22(19)23/h3-10,13-17H,1-2H3,(H,29,30). The second kappa shape index (κ2) is 9.15. The summed E-state index contributed by atoms with van der Waals surface area (Å²) >= 11 is 0. The van der Waals surface area contributed by atoms with Crippen molar-refractivity contribution in [2.75, 3.05) is 13.4 Å². The highest BCUT2D eigenvalue weighted by Crippen LogP contribution is 2.25. The van der Waals surface area contributed by atoms with Gasteiger partial charge in [0, 0.05) is 28.1 Å². The fraction of sp³-hybridized carbons (Fsp3) is 0.0769. The number of aromatic nitrogens is 1. The first-order chi connectivity index (χ1) is 15.9. The van der Waals surface area contributed by atoms with Crippen molar-refractivity contribution in [2.45, 2.75) is 4.90 Å². The molecule has 33 heavy (non-hydrogen) atoms. The molecule has 0 spiro atoms. The van der Waals surface area contributed by atoms with Gasteiger partial charge in [0.05, 0.1) is 33.7 Å². The average Bonchev–Trinajstić information content (AvgIpc) is 2.83. The summed E-state index contributed by atoms with van der Waals surface area (Å²) in [5, 5.41) is 10.6. The van der Waals surface area contributed by atoms with E-state index in [0.29, 0.717) is 38.2 Å². The number of carboxylic acid groups (broad SMARTS) is 1. The number of carboxylic acids is 1. The van der Waals surface area contributed by atoms with Crippen LogP contribution in [0.4, 0.5) is 5.69 Å². The SMILES string of the molecule is COc1ccc(S(C)(=O)=Nc2ccccc2C#Cc2cnc(C(=O)O)c3ccccc23)cc1. The molecule has 0 fully saturated rings. The molecule has 3 aromatic carbocycles. The number of aromatic carboxylic acids is 1. The van der Waals surface area contributed by atoms with E-state index in [4.69, 9.17) is 4.74 Å². The minimum atomic E-state index is -2.72.